The van der Waals surface area contributed by atoms with E-state index in [1.54, 1.807) is 24.3 Å². The van der Waals surface area contributed by atoms with Gasteiger partial charge in [-0.05, 0) is 63.6 Å². The number of aliphatic hydroxyl groups is 1. The van der Waals surface area contributed by atoms with Crippen LogP contribution in [0, 0.1) is 12.8 Å². The second-order valence-corrected chi connectivity index (χ2v) is 11.4. The minimum absolute atomic E-state index is 0.307. The molecule has 3 N–H and O–H groups in total. The Bertz CT molecular complexity index is 1190. The topological polar surface area (TPSA) is 128 Å². The first-order chi connectivity index (χ1) is 17.3. The number of carbonyl (C=O) groups excluding carboxylic acids is 1. The molecule has 36 heavy (non-hydrogen) atoms. The highest BCUT2D eigenvalue weighted by atomic mass is 32.2. The minimum atomic E-state index is -3.69. The van der Waals surface area contributed by atoms with E-state index in [0.717, 1.165) is 64.0 Å². The normalized spacial score (nSPS) is 19.1. The van der Waals surface area contributed by atoms with Crippen LogP contribution in [0.2, 0.25) is 0 Å². The highest BCUT2D eigenvalue weighted by molar-refractivity contribution is 7.92. The highest BCUT2D eigenvalue weighted by Crippen LogP contribution is 2.32. The zero-order valence-electron chi connectivity index (χ0n) is 21.0. The molecular formula is C25H36N6O4S. The van der Waals surface area contributed by atoms with E-state index >= 15 is 0 Å². The summed E-state index contributed by atoms with van der Waals surface area (Å²) in [6, 6.07) is 6.70. The van der Waals surface area contributed by atoms with Gasteiger partial charge < -0.3 is 20.2 Å². The van der Waals surface area contributed by atoms with Gasteiger partial charge in [0.15, 0.2) is 0 Å². The van der Waals surface area contributed by atoms with Crippen LogP contribution in [0.15, 0.2) is 24.3 Å². The summed E-state index contributed by atoms with van der Waals surface area (Å²) in [4.78, 5) is 27.1. The fraction of sp³-hybridized carbons (Fsp3) is 0.560. The molecule has 2 aliphatic rings. The molecule has 1 amide bonds. The van der Waals surface area contributed by atoms with Gasteiger partial charge in [-0.3, -0.25) is 9.52 Å². The number of amides is 1. The number of hydrogen-bond acceptors (Lipinski definition) is 8. The standard InChI is InChI=1S/C25H36N6O4S/c1-3-30-11-5-4-7-19-8-6-12-31(17-19)22-16-20(29-36(34,35)14-13-32)9-10-21(22)24(33)27-23-15-18(2)26-25(30)28-23/h9-10,15-16,19,29,32H,3-8,11-14,17H2,1-2H3,(H,26,27,28,33). The maximum absolute atomic E-state index is 13.5. The van der Waals surface area contributed by atoms with Crippen LogP contribution < -0.4 is 19.8 Å². The van der Waals surface area contributed by atoms with Crippen molar-refractivity contribution in [3.05, 3.63) is 35.5 Å². The van der Waals surface area contributed by atoms with Gasteiger partial charge in [0.05, 0.1) is 29.3 Å². The van der Waals surface area contributed by atoms with Crippen LogP contribution in [0.5, 0.6) is 0 Å². The van der Waals surface area contributed by atoms with E-state index in [1.807, 2.05) is 6.92 Å². The molecule has 11 heteroatoms. The number of rotatable bonds is 5. The Hall–Kier alpha value is -2.92. The Balaban J connectivity index is 1.73. The molecule has 0 spiro atoms. The average Bonchev–Trinajstić information content (AvgIpc) is 2.83. The molecule has 2 aromatic rings. The lowest BCUT2D eigenvalue weighted by molar-refractivity contribution is 0.102. The Morgan fingerprint density at radius 1 is 1.14 bits per heavy atom. The van der Waals surface area contributed by atoms with Crippen molar-refractivity contribution >= 4 is 39.1 Å². The maximum atomic E-state index is 13.5. The molecule has 4 bridgehead atoms. The monoisotopic (exact) mass is 516 g/mol. The van der Waals surface area contributed by atoms with Crippen molar-refractivity contribution in [3.63, 3.8) is 0 Å². The number of piperidine rings is 1. The second-order valence-electron chi connectivity index (χ2n) is 9.55. The molecule has 1 saturated heterocycles. The summed E-state index contributed by atoms with van der Waals surface area (Å²) in [6.45, 7) is 6.76. The number of aryl methyl sites for hydroxylation is 1. The molecule has 1 unspecified atom stereocenters. The Morgan fingerprint density at radius 3 is 2.72 bits per heavy atom. The van der Waals surface area contributed by atoms with E-state index in [9.17, 15) is 13.2 Å². The van der Waals surface area contributed by atoms with Gasteiger partial charge in [0.2, 0.25) is 16.0 Å². The summed E-state index contributed by atoms with van der Waals surface area (Å²) < 4.78 is 27.0. The Morgan fingerprint density at radius 2 is 1.94 bits per heavy atom. The number of nitrogens with one attached hydrogen (secondary N) is 2. The summed E-state index contributed by atoms with van der Waals surface area (Å²) in [5, 5.41) is 12.0. The van der Waals surface area contributed by atoms with Gasteiger partial charge in [-0.15, -0.1) is 0 Å². The molecule has 3 heterocycles. The van der Waals surface area contributed by atoms with Crippen LogP contribution in [0.1, 0.15) is 55.1 Å². The number of anilines is 4. The molecule has 4 rings (SSSR count). The van der Waals surface area contributed by atoms with E-state index in [0.29, 0.717) is 34.6 Å². The molecule has 0 radical (unpaired) electrons. The second kappa shape index (κ2) is 11.4. The Labute approximate surface area is 213 Å². The van der Waals surface area contributed by atoms with Gasteiger partial charge in [-0.2, -0.15) is 4.98 Å². The van der Waals surface area contributed by atoms with Gasteiger partial charge in [0.25, 0.3) is 5.91 Å². The predicted octanol–water partition coefficient (Wildman–Crippen LogP) is 3.00. The largest absolute Gasteiger partial charge is 0.395 e. The third-order valence-electron chi connectivity index (χ3n) is 6.77. The number of sulfonamides is 1. The van der Waals surface area contributed by atoms with E-state index in [1.165, 1.54) is 0 Å². The van der Waals surface area contributed by atoms with Crippen molar-refractivity contribution in [1.82, 2.24) is 9.97 Å². The molecule has 2 aliphatic heterocycles. The van der Waals surface area contributed by atoms with Crippen molar-refractivity contribution < 1.29 is 18.3 Å². The van der Waals surface area contributed by atoms with Crippen molar-refractivity contribution in [2.75, 3.05) is 58.4 Å². The van der Waals surface area contributed by atoms with Gasteiger partial charge in [-0.25, -0.2) is 13.4 Å². The fourth-order valence-electron chi connectivity index (χ4n) is 5.00. The number of hydrogen-bond donors (Lipinski definition) is 3. The molecule has 0 aliphatic carbocycles. The van der Waals surface area contributed by atoms with Gasteiger partial charge >= 0.3 is 0 Å². The lowest BCUT2D eigenvalue weighted by atomic mass is 9.92. The van der Waals surface area contributed by atoms with E-state index in [2.05, 4.69) is 36.7 Å². The summed E-state index contributed by atoms with van der Waals surface area (Å²) in [7, 11) is -3.69. The van der Waals surface area contributed by atoms with Crippen molar-refractivity contribution in [1.29, 1.82) is 0 Å². The third-order valence-corrected chi connectivity index (χ3v) is 8.04. The Kier molecular flexibility index (Phi) is 8.30. The summed E-state index contributed by atoms with van der Waals surface area (Å²) in [6.07, 6.45) is 5.38. The van der Waals surface area contributed by atoms with Crippen LogP contribution in [0.25, 0.3) is 0 Å². The zero-order chi connectivity index (χ0) is 25.7. The maximum Gasteiger partial charge on any atom is 0.258 e. The summed E-state index contributed by atoms with van der Waals surface area (Å²) in [5.74, 6) is 0.855. The lowest BCUT2D eigenvalue weighted by Crippen LogP contribution is -2.36. The van der Waals surface area contributed by atoms with E-state index < -0.39 is 16.6 Å². The average molecular weight is 517 g/mol. The number of benzene rings is 1. The predicted molar refractivity (Wildman–Crippen MR) is 142 cm³/mol. The third kappa shape index (κ3) is 6.44. The zero-order valence-corrected chi connectivity index (χ0v) is 21.9. The smallest absolute Gasteiger partial charge is 0.258 e. The molecule has 10 nitrogen and oxygen atoms in total. The van der Waals surface area contributed by atoms with Crippen LogP contribution in [-0.4, -0.2) is 67.9 Å². The SMILES string of the molecule is CCN1CCCCC2CCCN(C2)c2cc(NS(=O)(=O)CCO)ccc2C(=O)Nc2cc(C)nc1n2. The van der Waals surface area contributed by atoms with Crippen LogP contribution in [0.3, 0.4) is 0 Å². The summed E-state index contributed by atoms with van der Waals surface area (Å²) >= 11 is 0. The number of aromatic nitrogens is 2. The van der Waals surface area contributed by atoms with Gasteiger partial charge in [-0.1, -0.05) is 6.42 Å². The number of aliphatic hydroxyl groups excluding tert-OH is 1. The van der Waals surface area contributed by atoms with Crippen LogP contribution in [0.4, 0.5) is 23.1 Å². The first-order valence-corrected chi connectivity index (χ1v) is 14.4. The quantitative estimate of drug-likeness (QED) is 0.553. The van der Waals surface area contributed by atoms with Crippen molar-refractivity contribution in [3.8, 4) is 0 Å². The molecule has 0 saturated carbocycles. The minimum Gasteiger partial charge on any atom is -0.395 e. The first kappa shape index (κ1) is 26.2. The number of nitrogens with zero attached hydrogens (tertiary/aromatic N) is 4. The van der Waals surface area contributed by atoms with Crippen LogP contribution in [-0.2, 0) is 10.0 Å². The van der Waals surface area contributed by atoms with Crippen LogP contribution >= 0.6 is 0 Å². The highest BCUT2D eigenvalue weighted by Gasteiger charge is 2.25. The van der Waals surface area contributed by atoms with Crippen molar-refractivity contribution in [2.24, 2.45) is 5.92 Å². The van der Waals surface area contributed by atoms with E-state index in [4.69, 9.17) is 5.11 Å². The van der Waals surface area contributed by atoms with Gasteiger partial charge in [0.1, 0.15) is 5.82 Å². The van der Waals surface area contributed by atoms with E-state index in [-0.39, 0.29) is 11.7 Å². The molecule has 196 valence electrons. The lowest BCUT2D eigenvalue weighted by Gasteiger charge is -2.35. The number of fused-ring (bicyclic) bond motifs is 6. The summed E-state index contributed by atoms with van der Waals surface area (Å²) in [5.41, 5.74) is 2.29. The van der Waals surface area contributed by atoms with Gasteiger partial charge in [0, 0.05) is 37.9 Å². The molecule has 1 aromatic heterocycles. The fourth-order valence-corrected chi connectivity index (χ4v) is 5.82. The molecule has 1 atom stereocenters. The molecule has 1 aromatic carbocycles. The van der Waals surface area contributed by atoms with Crippen molar-refractivity contribution in [2.45, 2.75) is 46.0 Å². The molecular weight excluding hydrogens is 480 g/mol. The number of carbonyl (C=O) groups is 1. The molecule has 1 fully saturated rings. The first-order valence-electron chi connectivity index (χ1n) is 12.7.